The maximum absolute atomic E-state index is 12.9. The van der Waals surface area contributed by atoms with Gasteiger partial charge < -0.3 is 9.52 Å². The first kappa shape index (κ1) is 19.7. The number of nitrogens with zero attached hydrogens (tertiary/aromatic N) is 2. The lowest BCUT2D eigenvalue weighted by atomic mass is 10.1. The summed E-state index contributed by atoms with van der Waals surface area (Å²) in [6, 6.07) is 15.3. The highest BCUT2D eigenvalue weighted by Gasteiger charge is 2.29. The Kier molecular flexibility index (Phi) is 5.01. The zero-order valence-corrected chi connectivity index (χ0v) is 17.0. The number of hydrogen-bond acceptors (Lipinski definition) is 4. The van der Waals surface area contributed by atoms with E-state index >= 15 is 0 Å². The Hall–Kier alpha value is -3.64. The molecule has 150 valence electrons. The second-order valence-corrected chi connectivity index (χ2v) is 7.29. The van der Waals surface area contributed by atoms with E-state index in [2.05, 4.69) is 5.10 Å². The molecule has 1 aliphatic rings. The minimum absolute atomic E-state index is 0.171. The molecule has 1 aliphatic heterocycles. The largest absolute Gasteiger partial charge is 0.478 e. The highest BCUT2D eigenvalue weighted by Crippen LogP contribution is 2.30. The minimum atomic E-state index is -1.01. The molecule has 0 saturated heterocycles. The first-order valence-corrected chi connectivity index (χ1v) is 9.53. The second kappa shape index (κ2) is 7.65. The normalized spacial score (nSPS) is 15.0. The Morgan fingerprint density at radius 1 is 1.13 bits per heavy atom. The maximum atomic E-state index is 12.9. The van der Waals surface area contributed by atoms with Crippen molar-refractivity contribution < 1.29 is 19.1 Å². The summed E-state index contributed by atoms with van der Waals surface area (Å²) in [7, 11) is 0. The van der Waals surface area contributed by atoms with Gasteiger partial charge in [-0.3, -0.25) is 4.79 Å². The van der Waals surface area contributed by atoms with Gasteiger partial charge in [-0.2, -0.15) is 10.1 Å². The van der Waals surface area contributed by atoms with Gasteiger partial charge in [0.25, 0.3) is 5.91 Å². The number of carboxylic acids is 1. The molecule has 0 bridgehead atoms. The molecule has 7 heteroatoms. The Morgan fingerprint density at radius 2 is 1.93 bits per heavy atom. The number of carboxylic acid groups (broad SMARTS) is 1. The van der Waals surface area contributed by atoms with Gasteiger partial charge in [0.1, 0.15) is 11.5 Å². The van der Waals surface area contributed by atoms with Crippen LogP contribution < -0.4 is 5.01 Å². The summed E-state index contributed by atoms with van der Waals surface area (Å²) in [4.78, 5) is 24.1. The second-order valence-electron chi connectivity index (χ2n) is 6.88. The molecular weight excluding hydrogens is 404 g/mol. The van der Waals surface area contributed by atoms with Crippen molar-refractivity contribution in [3.05, 3.63) is 82.1 Å². The number of furan rings is 1. The van der Waals surface area contributed by atoms with Gasteiger partial charge in [0, 0.05) is 10.6 Å². The number of aromatic carboxylic acids is 1. The Bertz CT molecular complexity index is 1240. The zero-order chi connectivity index (χ0) is 21.4. The summed E-state index contributed by atoms with van der Waals surface area (Å²) < 4.78 is 5.82. The lowest BCUT2D eigenvalue weighted by molar-refractivity contribution is -0.114. The van der Waals surface area contributed by atoms with Crippen LogP contribution in [0.1, 0.15) is 28.6 Å². The number of carbonyl (C=O) groups excluding carboxylic acids is 1. The predicted molar refractivity (Wildman–Crippen MR) is 116 cm³/mol. The molecule has 0 spiro atoms. The van der Waals surface area contributed by atoms with E-state index in [9.17, 15) is 9.59 Å². The number of halogens is 1. The van der Waals surface area contributed by atoms with Crippen molar-refractivity contribution in [2.45, 2.75) is 13.8 Å². The van der Waals surface area contributed by atoms with E-state index in [0.29, 0.717) is 39.1 Å². The molecule has 4 rings (SSSR count). The van der Waals surface area contributed by atoms with Crippen LogP contribution >= 0.6 is 11.6 Å². The third kappa shape index (κ3) is 3.65. The monoisotopic (exact) mass is 420 g/mol. The van der Waals surface area contributed by atoms with Crippen LogP contribution in [0.2, 0.25) is 5.02 Å². The molecule has 1 amide bonds. The molecule has 0 unspecified atom stereocenters. The van der Waals surface area contributed by atoms with Crippen LogP contribution in [0.4, 0.5) is 5.69 Å². The van der Waals surface area contributed by atoms with E-state index in [1.54, 1.807) is 49.4 Å². The summed E-state index contributed by atoms with van der Waals surface area (Å²) in [6.45, 7) is 3.64. The van der Waals surface area contributed by atoms with E-state index in [4.69, 9.17) is 21.1 Å². The molecule has 2 heterocycles. The van der Waals surface area contributed by atoms with E-state index in [0.717, 1.165) is 5.56 Å². The molecule has 6 nitrogen and oxygen atoms in total. The average Bonchev–Trinajstić information content (AvgIpc) is 3.30. The molecule has 3 aromatic rings. The third-order valence-corrected chi connectivity index (χ3v) is 5.18. The first-order valence-electron chi connectivity index (χ1n) is 9.15. The highest BCUT2D eigenvalue weighted by atomic mass is 35.5. The molecule has 30 heavy (non-hydrogen) atoms. The molecule has 0 radical (unpaired) electrons. The standard InChI is InChI=1S/C23H17ClN2O4/c1-13-6-7-17(11-20(13)24)26-22(27)19(14(2)25-26)12-18-8-9-21(30-18)15-4-3-5-16(10-15)23(28)29/h3-12H,1-2H3,(H,28,29). The Morgan fingerprint density at radius 3 is 2.67 bits per heavy atom. The lowest BCUT2D eigenvalue weighted by Gasteiger charge is -2.12. The van der Waals surface area contributed by atoms with E-state index in [1.807, 2.05) is 13.0 Å². The molecule has 0 aliphatic carbocycles. The summed E-state index contributed by atoms with van der Waals surface area (Å²) >= 11 is 6.18. The van der Waals surface area contributed by atoms with Gasteiger partial charge in [0.05, 0.1) is 22.5 Å². The summed E-state index contributed by atoms with van der Waals surface area (Å²) in [5.74, 6) is -0.316. The van der Waals surface area contributed by atoms with Crippen LogP contribution in [0, 0.1) is 6.92 Å². The predicted octanol–water partition coefficient (Wildman–Crippen LogP) is 5.41. The fourth-order valence-corrected chi connectivity index (χ4v) is 3.28. The Labute approximate surface area is 177 Å². The number of hydrogen-bond donors (Lipinski definition) is 1. The van der Waals surface area contributed by atoms with Gasteiger partial charge in [-0.15, -0.1) is 0 Å². The van der Waals surface area contributed by atoms with Gasteiger partial charge in [-0.1, -0.05) is 29.8 Å². The van der Waals surface area contributed by atoms with Crippen LogP contribution in [0.3, 0.4) is 0 Å². The Balaban J connectivity index is 1.62. The first-order chi connectivity index (χ1) is 14.3. The van der Waals surface area contributed by atoms with Crippen molar-refractivity contribution in [2.24, 2.45) is 5.10 Å². The highest BCUT2D eigenvalue weighted by molar-refractivity contribution is 6.33. The van der Waals surface area contributed by atoms with Crippen molar-refractivity contribution in [1.82, 2.24) is 0 Å². The van der Waals surface area contributed by atoms with Crippen LogP contribution in [0.25, 0.3) is 17.4 Å². The van der Waals surface area contributed by atoms with Gasteiger partial charge >= 0.3 is 5.97 Å². The lowest BCUT2D eigenvalue weighted by Crippen LogP contribution is -2.21. The van der Waals surface area contributed by atoms with Crippen molar-refractivity contribution in [3.8, 4) is 11.3 Å². The molecule has 1 aromatic heterocycles. The van der Waals surface area contributed by atoms with Crippen molar-refractivity contribution >= 4 is 41.0 Å². The number of benzene rings is 2. The molecule has 0 saturated carbocycles. The number of rotatable bonds is 4. The van der Waals surface area contributed by atoms with E-state index in [-0.39, 0.29) is 11.5 Å². The fourth-order valence-electron chi connectivity index (χ4n) is 3.11. The van der Waals surface area contributed by atoms with Crippen LogP contribution in [-0.2, 0) is 4.79 Å². The average molecular weight is 421 g/mol. The summed E-state index contributed by atoms with van der Waals surface area (Å²) in [6.07, 6.45) is 1.63. The maximum Gasteiger partial charge on any atom is 0.335 e. The van der Waals surface area contributed by atoms with Gasteiger partial charge in [-0.25, -0.2) is 4.79 Å². The molecular formula is C23H17ClN2O4. The SMILES string of the molecule is CC1=NN(c2ccc(C)c(Cl)c2)C(=O)C1=Cc1ccc(-c2cccc(C(=O)O)c2)o1. The van der Waals surface area contributed by atoms with E-state index < -0.39 is 5.97 Å². The number of hydrazone groups is 1. The van der Waals surface area contributed by atoms with Gasteiger partial charge in [0.15, 0.2) is 0 Å². The molecule has 1 N–H and O–H groups in total. The zero-order valence-electron chi connectivity index (χ0n) is 16.2. The minimum Gasteiger partial charge on any atom is -0.478 e. The van der Waals surface area contributed by atoms with Crippen molar-refractivity contribution in [2.75, 3.05) is 5.01 Å². The summed E-state index contributed by atoms with van der Waals surface area (Å²) in [5.41, 5.74) is 3.28. The third-order valence-electron chi connectivity index (χ3n) is 4.77. The number of amides is 1. The number of aryl methyl sites for hydroxylation is 1. The quantitative estimate of drug-likeness (QED) is 0.572. The smallest absolute Gasteiger partial charge is 0.335 e. The van der Waals surface area contributed by atoms with Crippen LogP contribution in [0.5, 0.6) is 0 Å². The molecule has 0 atom stereocenters. The van der Waals surface area contributed by atoms with Crippen molar-refractivity contribution in [3.63, 3.8) is 0 Å². The topological polar surface area (TPSA) is 83.1 Å². The van der Waals surface area contributed by atoms with Crippen LogP contribution in [0.15, 0.2) is 69.7 Å². The van der Waals surface area contributed by atoms with Crippen LogP contribution in [-0.4, -0.2) is 22.7 Å². The van der Waals surface area contributed by atoms with Gasteiger partial charge in [0.2, 0.25) is 0 Å². The fraction of sp³-hybridized carbons (Fsp3) is 0.0870. The molecule has 2 aromatic carbocycles. The van der Waals surface area contributed by atoms with Gasteiger partial charge in [-0.05, 0) is 61.9 Å². The summed E-state index contributed by atoms with van der Waals surface area (Å²) in [5, 5.41) is 15.4. The number of carbonyl (C=O) groups is 2. The number of anilines is 1. The van der Waals surface area contributed by atoms with Crippen molar-refractivity contribution in [1.29, 1.82) is 0 Å². The van der Waals surface area contributed by atoms with E-state index in [1.165, 1.54) is 17.1 Å². The molecule has 0 fully saturated rings.